The third-order valence-electron chi connectivity index (χ3n) is 5.19. The number of halogens is 1. The fraction of sp³-hybridized carbons (Fsp3) is 0.174. The molecule has 0 bridgehead atoms. The van der Waals surface area contributed by atoms with E-state index < -0.39 is 10.0 Å². The van der Waals surface area contributed by atoms with Crippen LogP contribution in [0.1, 0.15) is 28.4 Å². The first-order valence-corrected chi connectivity index (χ1v) is 11.8. The second-order valence-electron chi connectivity index (χ2n) is 7.44. The summed E-state index contributed by atoms with van der Waals surface area (Å²) in [5, 5.41) is 2.88. The highest BCUT2D eigenvalue weighted by molar-refractivity contribution is 9.10. The van der Waals surface area contributed by atoms with Crippen LogP contribution in [0.3, 0.4) is 0 Å². The monoisotopic (exact) mass is 484 g/mol. The number of hydrogen-bond acceptors (Lipinski definition) is 3. The highest BCUT2D eigenvalue weighted by Crippen LogP contribution is 2.37. The first-order valence-electron chi connectivity index (χ1n) is 9.57. The Hall–Kier alpha value is -2.64. The summed E-state index contributed by atoms with van der Waals surface area (Å²) in [6.45, 7) is 3.80. The molecule has 0 spiro atoms. The van der Waals surface area contributed by atoms with Gasteiger partial charge in [-0.15, -0.1) is 0 Å². The van der Waals surface area contributed by atoms with Gasteiger partial charge in [0, 0.05) is 16.1 Å². The van der Waals surface area contributed by atoms with E-state index in [0.29, 0.717) is 23.4 Å². The number of fused-ring (bicyclic) bond motifs is 1. The second kappa shape index (κ2) is 7.89. The number of nitrogens with zero attached hydrogens (tertiary/aromatic N) is 1. The van der Waals surface area contributed by atoms with Crippen molar-refractivity contribution in [2.75, 3.05) is 9.62 Å². The van der Waals surface area contributed by atoms with Crippen LogP contribution in [0.15, 0.2) is 76.1 Å². The SMILES string of the molecule is Cc1ccc(S(=O)(=O)N2c3ccc(C(=O)Nc4ccccc4Br)cc3C[C@@H]2C)cc1. The number of carbonyl (C=O) groups is 1. The number of nitrogens with one attached hydrogen (secondary N) is 1. The van der Waals surface area contributed by atoms with Gasteiger partial charge in [0.25, 0.3) is 15.9 Å². The molecule has 1 heterocycles. The van der Waals surface area contributed by atoms with Crippen LogP contribution < -0.4 is 9.62 Å². The van der Waals surface area contributed by atoms with Crippen molar-refractivity contribution in [2.45, 2.75) is 31.2 Å². The lowest BCUT2D eigenvalue weighted by Crippen LogP contribution is -2.35. The van der Waals surface area contributed by atoms with Gasteiger partial charge in [0.1, 0.15) is 0 Å². The largest absolute Gasteiger partial charge is 0.321 e. The van der Waals surface area contributed by atoms with Crippen LogP contribution in [-0.2, 0) is 16.4 Å². The molecule has 0 aliphatic carbocycles. The minimum absolute atomic E-state index is 0.229. The van der Waals surface area contributed by atoms with Gasteiger partial charge >= 0.3 is 0 Å². The summed E-state index contributed by atoms with van der Waals surface area (Å²) in [4.78, 5) is 13.0. The lowest BCUT2D eigenvalue weighted by Gasteiger charge is -2.24. The summed E-state index contributed by atoms with van der Waals surface area (Å²) >= 11 is 3.42. The number of amides is 1. The molecule has 4 rings (SSSR count). The van der Waals surface area contributed by atoms with E-state index in [2.05, 4.69) is 21.2 Å². The normalized spacial score (nSPS) is 15.7. The standard InChI is InChI=1S/C23H21BrN2O3S/c1-15-7-10-19(11-8-15)30(28,29)26-16(2)13-18-14-17(9-12-22(18)26)23(27)25-21-6-4-3-5-20(21)24/h3-12,14,16H,13H2,1-2H3,(H,25,27)/t16-/m0/s1. The smallest absolute Gasteiger partial charge is 0.264 e. The maximum atomic E-state index is 13.3. The predicted molar refractivity (Wildman–Crippen MR) is 123 cm³/mol. The Morgan fingerprint density at radius 2 is 1.77 bits per heavy atom. The van der Waals surface area contributed by atoms with Crippen LogP contribution in [0, 0.1) is 6.92 Å². The van der Waals surface area contributed by atoms with E-state index in [4.69, 9.17) is 0 Å². The number of anilines is 2. The molecule has 1 N–H and O–H groups in total. The maximum absolute atomic E-state index is 13.3. The topological polar surface area (TPSA) is 66.5 Å². The van der Waals surface area contributed by atoms with Crippen molar-refractivity contribution < 1.29 is 13.2 Å². The van der Waals surface area contributed by atoms with Gasteiger partial charge in [-0.3, -0.25) is 9.10 Å². The van der Waals surface area contributed by atoms with Gasteiger partial charge in [0.15, 0.2) is 0 Å². The molecule has 1 aliphatic heterocycles. The highest BCUT2D eigenvalue weighted by atomic mass is 79.9. The van der Waals surface area contributed by atoms with Gasteiger partial charge in [-0.05, 0) is 84.2 Å². The van der Waals surface area contributed by atoms with Crippen molar-refractivity contribution in [3.63, 3.8) is 0 Å². The van der Waals surface area contributed by atoms with Crippen molar-refractivity contribution in [1.29, 1.82) is 0 Å². The zero-order valence-corrected chi connectivity index (χ0v) is 19.0. The molecule has 1 amide bonds. The van der Waals surface area contributed by atoms with Crippen molar-refractivity contribution in [1.82, 2.24) is 0 Å². The molecule has 0 radical (unpaired) electrons. The van der Waals surface area contributed by atoms with Crippen LogP contribution in [-0.4, -0.2) is 20.4 Å². The molecule has 3 aromatic rings. The molecule has 0 saturated heterocycles. The Balaban J connectivity index is 1.64. The van der Waals surface area contributed by atoms with Crippen molar-refractivity contribution >= 4 is 43.2 Å². The van der Waals surface area contributed by atoms with Gasteiger partial charge in [-0.25, -0.2) is 8.42 Å². The third kappa shape index (κ3) is 3.75. The maximum Gasteiger partial charge on any atom is 0.264 e. The zero-order chi connectivity index (χ0) is 21.5. The average Bonchev–Trinajstić information content (AvgIpc) is 3.05. The van der Waals surface area contributed by atoms with Crippen molar-refractivity contribution in [2.24, 2.45) is 0 Å². The van der Waals surface area contributed by atoms with Crippen LogP contribution >= 0.6 is 15.9 Å². The lowest BCUT2D eigenvalue weighted by molar-refractivity contribution is 0.102. The number of carbonyl (C=O) groups excluding carboxylic acids is 1. The average molecular weight is 485 g/mol. The van der Waals surface area contributed by atoms with Crippen molar-refractivity contribution in [3.8, 4) is 0 Å². The molecule has 154 valence electrons. The van der Waals surface area contributed by atoms with Crippen LogP contribution in [0.25, 0.3) is 0 Å². The Morgan fingerprint density at radius 1 is 1.07 bits per heavy atom. The van der Waals surface area contributed by atoms with E-state index in [1.807, 2.05) is 38.1 Å². The number of benzene rings is 3. The van der Waals surface area contributed by atoms with Crippen LogP contribution in [0.5, 0.6) is 0 Å². The van der Waals surface area contributed by atoms with E-state index >= 15 is 0 Å². The molecule has 0 aromatic heterocycles. The van der Waals surface area contributed by atoms with E-state index in [1.54, 1.807) is 42.5 Å². The molecule has 1 atom stereocenters. The van der Waals surface area contributed by atoms with Gasteiger partial charge in [-0.2, -0.15) is 0 Å². The number of aryl methyl sites for hydroxylation is 1. The minimum Gasteiger partial charge on any atom is -0.321 e. The summed E-state index contributed by atoms with van der Waals surface area (Å²) < 4.78 is 28.8. The fourth-order valence-electron chi connectivity index (χ4n) is 3.69. The van der Waals surface area contributed by atoms with Crippen molar-refractivity contribution in [3.05, 3.63) is 87.9 Å². The lowest BCUT2D eigenvalue weighted by atomic mass is 10.1. The Morgan fingerprint density at radius 3 is 2.47 bits per heavy atom. The van der Waals surface area contributed by atoms with Gasteiger partial charge in [0.2, 0.25) is 0 Å². The molecule has 0 saturated carbocycles. The third-order valence-corrected chi connectivity index (χ3v) is 7.83. The Kier molecular flexibility index (Phi) is 5.42. The minimum atomic E-state index is -3.68. The molecule has 7 heteroatoms. The summed E-state index contributed by atoms with van der Waals surface area (Å²) in [5.41, 5.74) is 3.65. The summed E-state index contributed by atoms with van der Waals surface area (Å²) in [7, 11) is -3.68. The fourth-order valence-corrected chi connectivity index (χ4v) is 5.77. The van der Waals surface area contributed by atoms with E-state index in [0.717, 1.165) is 15.6 Å². The Bertz CT molecular complexity index is 1220. The molecule has 3 aromatic carbocycles. The number of hydrogen-bond donors (Lipinski definition) is 1. The molecular formula is C23H21BrN2O3S. The second-order valence-corrected chi connectivity index (χ2v) is 10.1. The van der Waals surface area contributed by atoms with E-state index in [9.17, 15) is 13.2 Å². The number of sulfonamides is 1. The number of para-hydroxylation sites is 1. The first kappa shape index (κ1) is 20.6. The molecule has 30 heavy (non-hydrogen) atoms. The van der Waals surface area contributed by atoms with E-state index in [1.165, 1.54) is 4.31 Å². The predicted octanol–water partition coefficient (Wildman–Crippen LogP) is 5.15. The molecule has 1 aliphatic rings. The summed E-state index contributed by atoms with van der Waals surface area (Å²) in [6.07, 6.45) is 0.552. The number of rotatable bonds is 4. The quantitative estimate of drug-likeness (QED) is 0.556. The summed E-state index contributed by atoms with van der Waals surface area (Å²) in [5.74, 6) is -0.239. The van der Waals surface area contributed by atoms with E-state index in [-0.39, 0.29) is 16.8 Å². The summed E-state index contributed by atoms with van der Waals surface area (Å²) in [6, 6.07) is 19.2. The van der Waals surface area contributed by atoms with Gasteiger partial charge in [-0.1, -0.05) is 29.8 Å². The first-order chi connectivity index (χ1) is 14.3. The van der Waals surface area contributed by atoms with Gasteiger partial charge in [0.05, 0.1) is 16.3 Å². The molecule has 0 unspecified atom stereocenters. The highest BCUT2D eigenvalue weighted by Gasteiger charge is 2.36. The van der Waals surface area contributed by atoms with Crippen LogP contribution in [0.2, 0.25) is 0 Å². The molecule has 5 nitrogen and oxygen atoms in total. The van der Waals surface area contributed by atoms with Crippen LogP contribution in [0.4, 0.5) is 11.4 Å². The molecular weight excluding hydrogens is 464 g/mol. The van der Waals surface area contributed by atoms with Gasteiger partial charge < -0.3 is 5.32 Å². The Labute approximate surface area is 184 Å². The zero-order valence-electron chi connectivity index (χ0n) is 16.6. The molecule has 0 fully saturated rings.